The van der Waals surface area contributed by atoms with Crippen LogP contribution >= 0.6 is 11.3 Å². The van der Waals surface area contributed by atoms with E-state index in [2.05, 4.69) is 48.0 Å². The molecule has 4 nitrogen and oxygen atoms in total. The second-order valence-corrected chi connectivity index (χ2v) is 6.07. The Kier molecular flexibility index (Phi) is 6.31. The predicted molar refractivity (Wildman–Crippen MR) is 100 cm³/mol. The van der Waals surface area contributed by atoms with Gasteiger partial charge in [-0.3, -0.25) is 0 Å². The van der Waals surface area contributed by atoms with Crippen molar-refractivity contribution in [2.24, 2.45) is 0 Å². The first-order valence-electron chi connectivity index (χ1n) is 7.71. The second kappa shape index (κ2) is 8.67. The van der Waals surface area contributed by atoms with E-state index < -0.39 is 0 Å². The van der Waals surface area contributed by atoms with E-state index in [1.807, 2.05) is 24.3 Å². The number of rotatable bonds is 6. The van der Waals surface area contributed by atoms with Gasteiger partial charge in [-0.2, -0.15) is 10.5 Å². The zero-order valence-electron chi connectivity index (χ0n) is 13.7. The molecule has 0 unspecified atom stereocenters. The van der Waals surface area contributed by atoms with Crippen molar-refractivity contribution in [2.45, 2.75) is 13.8 Å². The average molecular weight is 334 g/mol. The summed E-state index contributed by atoms with van der Waals surface area (Å²) < 4.78 is 0. The van der Waals surface area contributed by atoms with Crippen molar-refractivity contribution in [3.63, 3.8) is 0 Å². The quantitative estimate of drug-likeness (QED) is 0.725. The summed E-state index contributed by atoms with van der Waals surface area (Å²) in [5.74, 6) is 0. The van der Waals surface area contributed by atoms with E-state index in [0.717, 1.165) is 28.5 Å². The molecule has 120 valence electrons. The van der Waals surface area contributed by atoms with Crippen LogP contribution in [0.15, 0.2) is 36.0 Å². The van der Waals surface area contributed by atoms with E-state index in [0.29, 0.717) is 0 Å². The minimum atomic E-state index is 0.0844. The normalized spacial score (nSPS) is 10.2. The lowest BCUT2D eigenvalue weighted by molar-refractivity contribution is 0.866. The number of hydrogen-bond donors (Lipinski definition) is 0. The van der Waals surface area contributed by atoms with Crippen LogP contribution in [0.25, 0.3) is 18.2 Å². The monoisotopic (exact) mass is 334 g/mol. The van der Waals surface area contributed by atoms with Crippen molar-refractivity contribution in [1.82, 2.24) is 4.98 Å². The lowest BCUT2D eigenvalue weighted by Crippen LogP contribution is -2.21. The summed E-state index contributed by atoms with van der Waals surface area (Å²) in [6.07, 6.45) is 7.16. The summed E-state index contributed by atoms with van der Waals surface area (Å²) in [5, 5.41) is 18.4. The second-order valence-electron chi connectivity index (χ2n) is 4.98. The largest absolute Gasteiger partial charge is 0.372 e. The Bertz CT molecular complexity index is 796. The molecule has 0 fully saturated rings. The maximum atomic E-state index is 8.77. The molecule has 0 saturated heterocycles. The first kappa shape index (κ1) is 17.5. The molecule has 1 aromatic heterocycles. The third-order valence-corrected chi connectivity index (χ3v) is 4.42. The molecule has 1 aromatic carbocycles. The Morgan fingerprint density at radius 2 is 1.79 bits per heavy atom. The molecule has 0 radical (unpaired) electrons. The van der Waals surface area contributed by atoms with Crippen molar-refractivity contribution in [3.05, 3.63) is 51.5 Å². The molecule has 5 heteroatoms. The molecule has 2 aromatic rings. The zero-order valence-corrected chi connectivity index (χ0v) is 14.5. The number of nitriles is 2. The number of allylic oxidation sites excluding steroid dienone is 1. The Morgan fingerprint density at radius 1 is 1.12 bits per heavy atom. The van der Waals surface area contributed by atoms with E-state index in [1.165, 1.54) is 17.0 Å². The van der Waals surface area contributed by atoms with Gasteiger partial charge in [0.05, 0.1) is 0 Å². The Balaban J connectivity index is 2.09. The van der Waals surface area contributed by atoms with Gasteiger partial charge < -0.3 is 4.90 Å². The predicted octanol–water partition coefficient (Wildman–Crippen LogP) is 4.59. The topological polar surface area (TPSA) is 63.7 Å². The van der Waals surface area contributed by atoms with E-state index >= 15 is 0 Å². The van der Waals surface area contributed by atoms with Gasteiger partial charge in [0.15, 0.2) is 0 Å². The van der Waals surface area contributed by atoms with Gasteiger partial charge in [0, 0.05) is 29.9 Å². The smallest absolute Gasteiger partial charge is 0.131 e. The van der Waals surface area contributed by atoms with Crippen molar-refractivity contribution in [1.29, 1.82) is 10.5 Å². The molecule has 0 spiro atoms. The fraction of sp³-hybridized carbons (Fsp3) is 0.211. The SMILES string of the molecule is CCN(CC)c1ccc(/C=C/c2ncc(C=C(C#N)C#N)s2)cc1. The van der Waals surface area contributed by atoms with Gasteiger partial charge in [-0.05, 0) is 43.7 Å². The highest BCUT2D eigenvalue weighted by atomic mass is 32.1. The van der Waals surface area contributed by atoms with Gasteiger partial charge in [0.25, 0.3) is 0 Å². The molecule has 24 heavy (non-hydrogen) atoms. The Labute approximate surface area is 146 Å². The van der Waals surface area contributed by atoms with Crippen molar-refractivity contribution in [2.75, 3.05) is 18.0 Å². The summed E-state index contributed by atoms with van der Waals surface area (Å²) >= 11 is 1.44. The molecule has 0 aliphatic heterocycles. The number of benzene rings is 1. The highest BCUT2D eigenvalue weighted by Crippen LogP contribution is 2.20. The van der Waals surface area contributed by atoms with Crippen LogP contribution < -0.4 is 4.90 Å². The van der Waals surface area contributed by atoms with Gasteiger partial charge in [0.1, 0.15) is 22.7 Å². The van der Waals surface area contributed by atoms with Crippen LogP contribution in [-0.4, -0.2) is 18.1 Å². The summed E-state index contributed by atoms with van der Waals surface area (Å²) in [7, 11) is 0. The van der Waals surface area contributed by atoms with Crippen LogP contribution in [0.4, 0.5) is 5.69 Å². The van der Waals surface area contributed by atoms with Gasteiger partial charge in [0.2, 0.25) is 0 Å². The molecular formula is C19H18N4S. The van der Waals surface area contributed by atoms with Gasteiger partial charge in [-0.15, -0.1) is 11.3 Å². The highest BCUT2D eigenvalue weighted by Gasteiger charge is 2.01. The first-order chi connectivity index (χ1) is 11.7. The molecule has 0 aliphatic carbocycles. The van der Waals surface area contributed by atoms with Crippen LogP contribution in [0.2, 0.25) is 0 Å². The Morgan fingerprint density at radius 3 is 2.38 bits per heavy atom. The molecule has 0 atom stereocenters. The molecular weight excluding hydrogens is 316 g/mol. The van der Waals surface area contributed by atoms with E-state index in [-0.39, 0.29) is 5.57 Å². The van der Waals surface area contributed by atoms with E-state index in [1.54, 1.807) is 12.3 Å². The summed E-state index contributed by atoms with van der Waals surface area (Å²) in [6.45, 7) is 6.29. The van der Waals surface area contributed by atoms with Crippen LogP contribution in [-0.2, 0) is 0 Å². The maximum absolute atomic E-state index is 8.77. The lowest BCUT2D eigenvalue weighted by atomic mass is 10.2. The number of aromatic nitrogens is 1. The lowest BCUT2D eigenvalue weighted by Gasteiger charge is -2.20. The maximum Gasteiger partial charge on any atom is 0.131 e. The highest BCUT2D eigenvalue weighted by molar-refractivity contribution is 7.13. The van der Waals surface area contributed by atoms with E-state index in [9.17, 15) is 0 Å². The number of anilines is 1. The van der Waals surface area contributed by atoms with Gasteiger partial charge in [-0.1, -0.05) is 18.2 Å². The summed E-state index contributed by atoms with van der Waals surface area (Å²) in [4.78, 5) is 7.38. The molecule has 2 rings (SSSR count). The average Bonchev–Trinajstić information content (AvgIpc) is 3.07. The van der Waals surface area contributed by atoms with Crippen molar-refractivity contribution < 1.29 is 0 Å². The standard InChI is InChI=1S/C19H18N4S/c1-3-23(4-2)17-8-5-15(6-9-17)7-10-19-22-14-18(24-19)11-16(12-20)13-21/h5-11,14H,3-4H2,1-2H3/b10-7+. The van der Waals surface area contributed by atoms with Crippen molar-refractivity contribution in [3.8, 4) is 12.1 Å². The molecule has 0 bridgehead atoms. The summed E-state index contributed by atoms with van der Waals surface area (Å²) in [6, 6.07) is 12.1. The minimum absolute atomic E-state index is 0.0844. The van der Waals surface area contributed by atoms with Crippen LogP contribution in [0.1, 0.15) is 29.3 Å². The summed E-state index contributed by atoms with van der Waals surface area (Å²) in [5.41, 5.74) is 2.41. The van der Waals surface area contributed by atoms with Crippen LogP contribution in [0.5, 0.6) is 0 Å². The Hall–Kier alpha value is -2.89. The fourth-order valence-electron chi connectivity index (χ4n) is 2.23. The number of hydrogen-bond acceptors (Lipinski definition) is 5. The van der Waals surface area contributed by atoms with Gasteiger partial charge >= 0.3 is 0 Å². The first-order valence-corrected chi connectivity index (χ1v) is 8.52. The van der Waals surface area contributed by atoms with Crippen LogP contribution in [0.3, 0.4) is 0 Å². The minimum Gasteiger partial charge on any atom is -0.372 e. The molecule has 0 amide bonds. The third-order valence-electron chi connectivity index (χ3n) is 3.51. The van der Waals surface area contributed by atoms with Crippen LogP contribution in [0, 0.1) is 22.7 Å². The van der Waals surface area contributed by atoms with Gasteiger partial charge in [-0.25, -0.2) is 4.98 Å². The molecule has 0 aliphatic rings. The number of thiazole rings is 1. The van der Waals surface area contributed by atoms with E-state index in [4.69, 9.17) is 10.5 Å². The third kappa shape index (κ3) is 4.55. The molecule has 0 saturated carbocycles. The fourth-order valence-corrected chi connectivity index (χ4v) is 2.99. The molecule has 1 heterocycles. The van der Waals surface area contributed by atoms with Crippen molar-refractivity contribution >= 4 is 35.3 Å². The molecule has 0 N–H and O–H groups in total. The number of nitrogens with zero attached hydrogens (tertiary/aromatic N) is 4. The zero-order chi connectivity index (χ0) is 17.4.